The van der Waals surface area contributed by atoms with Gasteiger partial charge in [-0.3, -0.25) is 19.0 Å². The van der Waals surface area contributed by atoms with Gasteiger partial charge in [0.25, 0.3) is 5.91 Å². The molecule has 1 amide bonds. The van der Waals surface area contributed by atoms with E-state index < -0.39 is 5.97 Å². The summed E-state index contributed by atoms with van der Waals surface area (Å²) in [5.41, 5.74) is 2.95. The van der Waals surface area contributed by atoms with Gasteiger partial charge >= 0.3 is 10.8 Å². The molecule has 0 bridgehead atoms. The summed E-state index contributed by atoms with van der Waals surface area (Å²) < 4.78 is 6.31. The Hall–Kier alpha value is -2.41. The first kappa shape index (κ1) is 20.9. The van der Waals surface area contributed by atoms with Gasteiger partial charge in [-0.25, -0.2) is 0 Å². The number of amides is 1. The van der Waals surface area contributed by atoms with Crippen molar-refractivity contribution in [1.82, 2.24) is 9.88 Å². The minimum atomic E-state index is -0.612. The topological polar surface area (TPSA) is 77.4 Å². The minimum Gasteiger partial charge on any atom is -0.454 e. The quantitative estimate of drug-likeness (QED) is 0.703. The first-order valence-corrected chi connectivity index (χ1v) is 9.83. The highest BCUT2D eigenvalue weighted by Gasteiger charge is 2.14. The van der Waals surface area contributed by atoms with Crippen molar-refractivity contribution in [3.05, 3.63) is 56.1 Å². The molecule has 0 radical (unpaired) electrons. The number of rotatable bonds is 8. The second kappa shape index (κ2) is 9.50. The number of carbonyl (C=O) groups excluding carboxylic acids is 2. The zero-order valence-corrected chi connectivity index (χ0v) is 17.0. The Morgan fingerprint density at radius 1 is 1.19 bits per heavy atom. The van der Waals surface area contributed by atoms with E-state index in [2.05, 4.69) is 31.3 Å². The monoisotopic (exact) mass is 390 g/mol. The zero-order valence-electron chi connectivity index (χ0n) is 16.2. The summed E-state index contributed by atoms with van der Waals surface area (Å²) >= 11 is 1.03. The molecule has 1 aromatic heterocycles. The van der Waals surface area contributed by atoms with E-state index in [9.17, 15) is 14.4 Å². The number of thiazole rings is 1. The number of benzene rings is 1. The van der Waals surface area contributed by atoms with Crippen LogP contribution in [0.1, 0.15) is 43.6 Å². The van der Waals surface area contributed by atoms with Gasteiger partial charge in [-0.2, -0.15) is 0 Å². The predicted molar refractivity (Wildman–Crippen MR) is 106 cm³/mol. The third-order valence-corrected chi connectivity index (χ3v) is 5.01. The first-order valence-electron chi connectivity index (χ1n) is 8.95. The second-order valence-corrected chi connectivity index (χ2v) is 7.84. The molecule has 2 aromatic rings. The van der Waals surface area contributed by atoms with E-state index in [1.54, 1.807) is 12.3 Å². The number of aryl methyl sites for hydroxylation is 1. The van der Waals surface area contributed by atoms with Gasteiger partial charge in [0.1, 0.15) is 6.54 Å². The number of aromatic nitrogens is 1. The molecule has 1 heterocycles. The van der Waals surface area contributed by atoms with Crippen molar-refractivity contribution in [3.8, 4) is 0 Å². The molecule has 27 heavy (non-hydrogen) atoms. The molecule has 1 N–H and O–H groups in total. The van der Waals surface area contributed by atoms with E-state index in [-0.39, 0.29) is 30.0 Å². The fourth-order valence-electron chi connectivity index (χ4n) is 2.70. The lowest BCUT2D eigenvalue weighted by atomic mass is 10.00. The highest BCUT2D eigenvalue weighted by Crippen LogP contribution is 2.15. The Bertz CT molecular complexity index is 836. The summed E-state index contributed by atoms with van der Waals surface area (Å²) in [5, 5.41) is 4.49. The van der Waals surface area contributed by atoms with Crippen LogP contribution in [-0.2, 0) is 27.3 Å². The van der Waals surface area contributed by atoms with Crippen LogP contribution in [0.4, 0.5) is 0 Å². The minimum absolute atomic E-state index is 0.186. The largest absolute Gasteiger partial charge is 0.454 e. The van der Waals surface area contributed by atoms with Crippen LogP contribution in [0.2, 0.25) is 0 Å². The number of carbonyl (C=O) groups is 2. The molecule has 0 fully saturated rings. The van der Waals surface area contributed by atoms with E-state index in [1.165, 1.54) is 10.1 Å². The predicted octanol–water partition coefficient (Wildman–Crippen LogP) is 2.84. The third-order valence-electron chi connectivity index (χ3n) is 4.13. The molecule has 0 saturated carbocycles. The molecule has 146 valence electrons. The van der Waals surface area contributed by atoms with Crippen LogP contribution in [0.25, 0.3) is 0 Å². The molecule has 0 unspecified atom stereocenters. The molecule has 0 aliphatic carbocycles. The number of nitrogens with zero attached hydrogens (tertiary/aromatic N) is 1. The van der Waals surface area contributed by atoms with Gasteiger partial charge in [0.15, 0.2) is 6.61 Å². The molecular weight excluding hydrogens is 364 g/mol. The van der Waals surface area contributed by atoms with Crippen LogP contribution >= 0.6 is 11.3 Å². The summed E-state index contributed by atoms with van der Waals surface area (Å²) in [6.45, 7) is 7.42. The molecule has 7 heteroatoms. The number of hydrogen-bond acceptors (Lipinski definition) is 5. The molecule has 2 rings (SSSR count). The highest BCUT2D eigenvalue weighted by molar-refractivity contribution is 7.07. The molecule has 0 aliphatic heterocycles. The van der Waals surface area contributed by atoms with E-state index in [4.69, 9.17) is 4.74 Å². The van der Waals surface area contributed by atoms with Gasteiger partial charge in [0.2, 0.25) is 0 Å². The number of esters is 1. The van der Waals surface area contributed by atoms with Gasteiger partial charge in [0.05, 0.1) is 6.04 Å². The third kappa shape index (κ3) is 6.36. The van der Waals surface area contributed by atoms with E-state index in [1.807, 2.05) is 19.1 Å². The lowest BCUT2D eigenvalue weighted by molar-refractivity contribution is -0.149. The molecule has 0 spiro atoms. The fraction of sp³-hybridized carbons (Fsp3) is 0.450. The average Bonchev–Trinajstić information content (AvgIpc) is 2.92. The lowest BCUT2D eigenvalue weighted by Crippen LogP contribution is -2.32. The summed E-state index contributed by atoms with van der Waals surface area (Å²) in [4.78, 5) is 35.2. The maximum atomic E-state index is 12.0. The van der Waals surface area contributed by atoms with Crippen molar-refractivity contribution in [2.75, 3.05) is 6.61 Å². The summed E-state index contributed by atoms with van der Waals surface area (Å²) in [7, 11) is 0. The van der Waals surface area contributed by atoms with E-state index >= 15 is 0 Å². The molecule has 0 saturated heterocycles. The van der Waals surface area contributed by atoms with Crippen LogP contribution in [0.3, 0.4) is 0 Å². The van der Waals surface area contributed by atoms with Crippen LogP contribution in [0, 0.1) is 12.8 Å². The standard InChI is InChI=1S/C20H26N2O4S/c1-13(2)9-16-5-7-17(8-6-16)15(4)21-18(23)11-26-19(24)10-22-14(3)12-27-20(22)25/h5-8,12-13,15H,9-11H2,1-4H3,(H,21,23)/t15-/m0/s1. The second-order valence-electron chi connectivity index (χ2n) is 7.02. The SMILES string of the molecule is Cc1csc(=O)n1CC(=O)OCC(=O)N[C@@H](C)c1ccc(CC(C)C)cc1. The van der Waals surface area contributed by atoms with Gasteiger partial charge in [-0.15, -0.1) is 0 Å². The zero-order chi connectivity index (χ0) is 20.0. The Morgan fingerprint density at radius 2 is 1.85 bits per heavy atom. The van der Waals surface area contributed by atoms with Gasteiger partial charge in [0, 0.05) is 11.1 Å². The average molecular weight is 391 g/mol. The van der Waals surface area contributed by atoms with Crippen molar-refractivity contribution in [2.24, 2.45) is 5.92 Å². The summed E-state index contributed by atoms with van der Waals surface area (Å²) in [6, 6.07) is 7.95. The smallest absolute Gasteiger partial charge is 0.326 e. The van der Waals surface area contributed by atoms with Crippen LogP contribution in [-0.4, -0.2) is 23.1 Å². The Balaban J connectivity index is 1.80. The molecule has 1 aromatic carbocycles. The molecule has 1 atom stereocenters. The lowest BCUT2D eigenvalue weighted by Gasteiger charge is -2.15. The van der Waals surface area contributed by atoms with Crippen molar-refractivity contribution in [1.29, 1.82) is 0 Å². The Labute approximate surface area is 163 Å². The van der Waals surface area contributed by atoms with Gasteiger partial charge < -0.3 is 10.1 Å². The normalized spacial score (nSPS) is 12.0. The van der Waals surface area contributed by atoms with E-state index in [0.29, 0.717) is 11.6 Å². The number of ether oxygens (including phenoxy) is 1. The maximum absolute atomic E-state index is 12.0. The Morgan fingerprint density at radius 3 is 2.41 bits per heavy atom. The van der Waals surface area contributed by atoms with Crippen molar-refractivity contribution in [2.45, 2.75) is 46.7 Å². The number of nitrogens with one attached hydrogen (secondary N) is 1. The summed E-state index contributed by atoms with van der Waals surface area (Å²) in [6.07, 6.45) is 1.02. The van der Waals surface area contributed by atoms with Gasteiger partial charge in [-0.1, -0.05) is 49.4 Å². The molecule has 0 aliphatic rings. The molecular formula is C20H26N2O4S. The fourth-order valence-corrected chi connectivity index (χ4v) is 3.43. The summed E-state index contributed by atoms with van der Waals surface area (Å²) in [5.74, 6) is -0.396. The van der Waals surface area contributed by atoms with Crippen molar-refractivity contribution >= 4 is 23.2 Å². The Kier molecular flexibility index (Phi) is 7.36. The highest BCUT2D eigenvalue weighted by atomic mass is 32.1. The van der Waals surface area contributed by atoms with Crippen LogP contribution in [0.5, 0.6) is 0 Å². The van der Waals surface area contributed by atoms with Crippen molar-refractivity contribution in [3.63, 3.8) is 0 Å². The van der Waals surface area contributed by atoms with E-state index in [0.717, 1.165) is 23.3 Å². The van der Waals surface area contributed by atoms with Crippen LogP contribution in [0.15, 0.2) is 34.4 Å². The van der Waals surface area contributed by atoms with Crippen molar-refractivity contribution < 1.29 is 14.3 Å². The maximum Gasteiger partial charge on any atom is 0.326 e. The van der Waals surface area contributed by atoms with Crippen LogP contribution < -0.4 is 10.2 Å². The first-order chi connectivity index (χ1) is 12.8. The molecule has 6 nitrogen and oxygen atoms in total. The number of hydrogen-bond donors (Lipinski definition) is 1. The van der Waals surface area contributed by atoms with Gasteiger partial charge in [-0.05, 0) is 37.3 Å².